The molecule has 2 aliphatic rings. The molecule has 0 spiro atoms. The van der Waals surface area contributed by atoms with Crippen LogP contribution in [0.1, 0.15) is 31.0 Å². The van der Waals surface area contributed by atoms with Crippen molar-refractivity contribution in [3.63, 3.8) is 0 Å². The Bertz CT molecular complexity index is 848. The quantitative estimate of drug-likeness (QED) is 0.762. The number of nitrogens with zero attached hydrogens (tertiary/aromatic N) is 2. The minimum absolute atomic E-state index is 0.0472. The number of amides is 1. The van der Waals surface area contributed by atoms with Crippen molar-refractivity contribution in [2.24, 2.45) is 5.92 Å². The number of rotatable bonds is 7. The maximum Gasteiger partial charge on any atom is 0.234 e. The lowest BCUT2D eigenvalue weighted by atomic mass is 9.96. The van der Waals surface area contributed by atoms with Crippen molar-refractivity contribution >= 4 is 5.91 Å². The number of piperazine rings is 1. The molecule has 0 aromatic heterocycles. The predicted octanol–water partition coefficient (Wildman–Crippen LogP) is 3.05. The van der Waals surface area contributed by atoms with Crippen LogP contribution in [0.2, 0.25) is 0 Å². The first-order valence-electron chi connectivity index (χ1n) is 10.8. The van der Waals surface area contributed by atoms with Crippen LogP contribution in [-0.4, -0.2) is 55.2 Å². The molecule has 0 aliphatic carbocycles. The summed E-state index contributed by atoms with van der Waals surface area (Å²) in [6.45, 7) is 9.64. The highest BCUT2D eigenvalue weighted by Gasteiger charge is 2.23. The Kier molecular flexibility index (Phi) is 6.55. The fourth-order valence-electron chi connectivity index (χ4n) is 4.12. The van der Waals surface area contributed by atoms with E-state index in [2.05, 4.69) is 53.2 Å². The largest absolute Gasteiger partial charge is 0.454 e. The number of benzene rings is 2. The maximum atomic E-state index is 12.7. The molecule has 1 atom stereocenters. The molecule has 4 rings (SSSR count). The third-order valence-corrected chi connectivity index (χ3v) is 5.82. The lowest BCUT2D eigenvalue weighted by Crippen LogP contribution is -2.49. The molecular weight excluding hydrogens is 378 g/mol. The van der Waals surface area contributed by atoms with Crippen LogP contribution in [0.25, 0.3) is 0 Å². The summed E-state index contributed by atoms with van der Waals surface area (Å²) in [5.74, 6) is 2.10. The van der Waals surface area contributed by atoms with E-state index in [1.54, 1.807) is 0 Å². The number of carbonyl (C=O) groups is 1. The smallest absolute Gasteiger partial charge is 0.234 e. The van der Waals surface area contributed by atoms with Crippen molar-refractivity contribution in [2.75, 3.05) is 39.5 Å². The normalized spacial score (nSPS) is 17.8. The first kappa shape index (κ1) is 20.7. The van der Waals surface area contributed by atoms with Crippen LogP contribution in [0.15, 0.2) is 48.5 Å². The van der Waals surface area contributed by atoms with Gasteiger partial charge in [-0.25, -0.2) is 0 Å². The number of fused-ring (bicyclic) bond motifs is 1. The molecule has 0 bridgehead atoms. The van der Waals surface area contributed by atoms with Gasteiger partial charge in [0.15, 0.2) is 11.5 Å². The van der Waals surface area contributed by atoms with Crippen LogP contribution < -0.4 is 14.8 Å². The summed E-state index contributed by atoms with van der Waals surface area (Å²) in [6.07, 6.45) is 0. The van der Waals surface area contributed by atoms with Gasteiger partial charge in [0.2, 0.25) is 12.7 Å². The van der Waals surface area contributed by atoms with Gasteiger partial charge in [-0.2, -0.15) is 0 Å². The van der Waals surface area contributed by atoms with E-state index in [4.69, 9.17) is 9.47 Å². The average molecular weight is 410 g/mol. The Morgan fingerprint density at radius 3 is 2.40 bits per heavy atom. The highest BCUT2D eigenvalue weighted by Crippen LogP contribution is 2.32. The summed E-state index contributed by atoms with van der Waals surface area (Å²) in [5, 5.41) is 3.24. The van der Waals surface area contributed by atoms with Gasteiger partial charge in [-0.15, -0.1) is 0 Å². The molecule has 1 N–H and O–H groups in total. The number of carbonyl (C=O) groups excluding carboxylic acids is 1. The molecule has 6 heteroatoms. The third-order valence-electron chi connectivity index (χ3n) is 5.82. The van der Waals surface area contributed by atoms with Crippen LogP contribution >= 0.6 is 0 Å². The van der Waals surface area contributed by atoms with E-state index in [0.29, 0.717) is 19.3 Å². The van der Waals surface area contributed by atoms with Crippen molar-refractivity contribution in [2.45, 2.75) is 26.4 Å². The fraction of sp³-hybridized carbons (Fsp3) is 0.458. The van der Waals surface area contributed by atoms with Gasteiger partial charge >= 0.3 is 0 Å². The number of hydrogen-bond acceptors (Lipinski definition) is 5. The first-order chi connectivity index (χ1) is 14.6. The molecule has 160 valence electrons. The highest BCUT2D eigenvalue weighted by atomic mass is 16.7. The van der Waals surface area contributed by atoms with Gasteiger partial charge < -0.3 is 14.8 Å². The summed E-state index contributed by atoms with van der Waals surface area (Å²) in [4.78, 5) is 17.4. The molecule has 0 saturated carbocycles. The Morgan fingerprint density at radius 1 is 0.967 bits per heavy atom. The van der Waals surface area contributed by atoms with Crippen LogP contribution in [0, 0.1) is 5.92 Å². The van der Waals surface area contributed by atoms with Crippen molar-refractivity contribution in [1.29, 1.82) is 0 Å². The zero-order valence-electron chi connectivity index (χ0n) is 17.8. The standard InChI is InChI=1S/C24H31N3O3/c1-18(2)24(20-6-4-3-5-7-20)25-23(28)16-27-12-10-26(11-13-27)15-19-8-9-21-22(14-19)30-17-29-21/h3-9,14,18,24H,10-13,15-17H2,1-2H3,(H,25,28). The molecule has 30 heavy (non-hydrogen) atoms. The predicted molar refractivity (Wildman–Crippen MR) is 116 cm³/mol. The summed E-state index contributed by atoms with van der Waals surface area (Å²) >= 11 is 0. The average Bonchev–Trinajstić information content (AvgIpc) is 3.22. The molecule has 0 radical (unpaired) electrons. The van der Waals surface area contributed by atoms with Crippen LogP contribution in [-0.2, 0) is 11.3 Å². The Balaban J connectivity index is 1.24. The van der Waals surface area contributed by atoms with Crippen LogP contribution in [0.3, 0.4) is 0 Å². The molecule has 1 fully saturated rings. The summed E-state index contributed by atoms with van der Waals surface area (Å²) < 4.78 is 10.9. The summed E-state index contributed by atoms with van der Waals surface area (Å²) in [7, 11) is 0. The molecule has 2 heterocycles. The van der Waals surface area contributed by atoms with Gasteiger partial charge in [0.1, 0.15) is 0 Å². The topological polar surface area (TPSA) is 54.0 Å². The van der Waals surface area contributed by atoms with Crippen molar-refractivity contribution in [3.05, 3.63) is 59.7 Å². The van der Waals surface area contributed by atoms with Gasteiger partial charge in [0.25, 0.3) is 0 Å². The van der Waals surface area contributed by atoms with Gasteiger partial charge in [-0.3, -0.25) is 14.6 Å². The maximum absolute atomic E-state index is 12.7. The second-order valence-electron chi connectivity index (χ2n) is 8.44. The molecule has 6 nitrogen and oxygen atoms in total. The van der Waals surface area contributed by atoms with E-state index in [1.165, 1.54) is 5.56 Å². The molecule has 1 amide bonds. The van der Waals surface area contributed by atoms with Crippen LogP contribution in [0.4, 0.5) is 0 Å². The number of nitrogens with one attached hydrogen (secondary N) is 1. The van der Waals surface area contributed by atoms with E-state index < -0.39 is 0 Å². The minimum atomic E-state index is 0.0472. The zero-order valence-corrected chi connectivity index (χ0v) is 17.8. The Morgan fingerprint density at radius 2 is 1.67 bits per heavy atom. The molecule has 2 aromatic rings. The second-order valence-corrected chi connectivity index (χ2v) is 8.44. The van der Waals surface area contributed by atoms with Gasteiger partial charge in [-0.1, -0.05) is 50.2 Å². The lowest BCUT2D eigenvalue weighted by Gasteiger charge is -2.34. The van der Waals surface area contributed by atoms with Gasteiger partial charge in [-0.05, 0) is 29.2 Å². The van der Waals surface area contributed by atoms with Crippen LogP contribution in [0.5, 0.6) is 11.5 Å². The lowest BCUT2D eigenvalue weighted by molar-refractivity contribution is -0.123. The van der Waals surface area contributed by atoms with Crippen molar-refractivity contribution < 1.29 is 14.3 Å². The Hall–Kier alpha value is -2.57. The van der Waals surface area contributed by atoms with Gasteiger partial charge in [0.05, 0.1) is 12.6 Å². The zero-order chi connectivity index (χ0) is 20.9. The molecule has 1 saturated heterocycles. The minimum Gasteiger partial charge on any atom is -0.454 e. The SMILES string of the molecule is CC(C)C(NC(=O)CN1CCN(Cc2ccc3c(c2)OCO3)CC1)c1ccccc1. The number of ether oxygens (including phenoxy) is 2. The van der Waals surface area contributed by atoms with Crippen molar-refractivity contribution in [3.8, 4) is 11.5 Å². The van der Waals surface area contributed by atoms with Gasteiger partial charge in [0, 0.05) is 32.7 Å². The van der Waals surface area contributed by atoms with E-state index in [0.717, 1.165) is 49.8 Å². The third kappa shape index (κ3) is 5.12. The summed E-state index contributed by atoms with van der Waals surface area (Å²) in [6, 6.07) is 16.4. The second kappa shape index (κ2) is 9.49. The van der Waals surface area contributed by atoms with E-state index in [1.807, 2.05) is 24.3 Å². The molecule has 2 aliphatic heterocycles. The molecule has 1 unspecified atom stereocenters. The fourth-order valence-corrected chi connectivity index (χ4v) is 4.12. The van der Waals surface area contributed by atoms with E-state index >= 15 is 0 Å². The first-order valence-corrected chi connectivity index (χ1v) is 10.8. The highest BCUT2D eigenvalue weighted by molar-refractivity contribution is 5.78. The molecule has 2 aromatic carbocycles. The monoisotopic (exact) mass is 409 g/mol. The van der Waals surface area contributed by atoms with Crippen molar-refractivity contribution in [1.82, 2.24) is 15.1 Å². The van der Waals surface area contributed by atoms with E-state index in [9.17, 15) is 4.79 Å². The van der Waals surface area contributed by atoms with E-state index in [-0.39, 0.29) is 11.9 Å². The number of hydrogen-bond donors (Lipinski definition) is 1. The molecular formula is C24H31N3O3. The summed E-state index contributed by atoms with van der Waals surface area (Å²) in [5.41, 5.74) is 2.39. The Labute approximate surface area is 178 Å².